The van der Waals surface area contributed by atoms with Crippen LogP contribution in [-0.2, 0) is 4.74 Å². The third-order valence-corrected chi connectivity index (χ3v) is 3.12. The van der Waals surface area contributed by atoms with Gasteiger partial charge in [0.05, 0.1) is 18.5 Å². The van der Waals surface area contributed by atoms with Crippen LogP contribution >= 0.6 is 0 Å². The maximum absolute atomic E-state index is 11.6. The van der Waals surface area contributed by atoms with Gasteiger partial charge in [-0.2, -0.15) is 4.98 Å². The van der Waals surface area contributed by atoms with Gasteiger partial charge in [0, 0.05) is 6.42 Å². The normalized spacial score (nSPS) is 28.0. The van der Waals surface area contributed by atoms with Crippen LogP contribution in [0.1, 0.15) is 19.6 Å². The molecule has 8 heteroatoms. The molecule has 8 nitrogen and oxygen atoms in total. The van der Waals surface area contributed by atoms with Crippen LogP contribution in [0.25, 0.3) is 11.2 Å². The second-order valence-electron chi connectivity index (χ2n) is 4.37. The van der Waals surface area contributed by atoms with Crippen molar-refractivity contribution in [2.24, 2.45) is 0 Å². The lowest BCUT2D eigenvalue weighted by Crippen LogP contribution is -2.15. The van der Waals surface area contributed by atoms with Crippen molar-refractivity contribution in [3.8, 4) is 0 Å². The first-order valence-electron chi connectivity index (χ1n) is 5.62. The largest absolute Gasteiger partial charge is 0.390 e. The summed E-state index contributed by atoms with van der Waals surface area (Å²) in [4.78, 5) is 22.0. The summed E-state index contributed by atoms with van der Waals surface area (Å²) in [6, 6.07) is 0. The van der Waals surface area contributed by atoms with Crippen LogP contribution in [0.5, 0.6) is 0 Å². The van der Waals surface area contributed by atoms with Crippen molar-refractivity contribution in [2.75, 3.05) is 5.73 Å². The number of H-pyrrole nitrogens is 1. The number of anilines is 1. The lowest BCUT2D eigenvalue weighted by atomic mass is 10.2. The highest BCUT2D eigenvalue weighted by atomic mass is 16.5. The van der Waals surface area contributed by atoms with Gasteiger partial charge in [-0.05, 0) is 6.92 Å². The number of nitrogens with zero attached hydrogens (tertiary/aromatic N) is 3. The Labute approximate surface area is 101 Å². The molecular formula is C10H13N5O3. The first kappa shape index (κ1) is 11.2. The molecule has 96 valence electrons. The summed E-state index contributed by atoms with van der Waals surface area (Å²) in [7, 11) is 0. The Bertz CT molecular complexity index is 638. The van der Waals surface area contributed by atoms with Crippen LogP contribution < -0.4 is 11.3 Å². The number of nitrogens with two attached hydrogens (primary N) is 1. The number of imidazole rings is 1. The van der Waals surface area contributed by atoms with Gasteiger partial charge in [0.25, 0.3) is 5.56 Å². The molecule has 0 amide bonds. The molecule has 1 saturated heterocycles. The highest BCUT2D eigenvalue weighted by Crippen LogP contribution is 2.29. The standard InChI is InChI=1S/C10H13N5O3/c1-4-5(16)2-6(18-4)15-3-12-7-8(15)13-10(11)14-9(7)17/h3-6,16H,2H2,1H3,(H3,11,13,14,17)/t4-,5-,6-/m1/s1. The molecule has 2 aromatic heterocycles. The Balaban J connectivity index is 2.11. The van der Waals surface area contributed by atoms with Crippen LogP contribution in [0.4, 0.5) is 5.95 Å². The Kier molecular flexibility index (Phi) is 2.35. The smallest absolute Gasteiger partial charge is 0.280 e. The van der Waals surface area contributed by atoms with Gasteiger partial charge in [-0.25, -0.2) is 4.98 Å². The Hall–Kier alpha value is -1.93. The predicted molar refractivity (Wildman–Crippen MR) is 62.8 cm³/mol. The summed E-state index contributed by atoms with van der Waals surface area (Å²) >= 11 is 0. The second-order valence-corrected chi connectivity index (χ2v) is 4.37. The first-order chi connectivity index (χ1) is 8.56. The fourth-order valence-corrected chi connectivity index (χ4v) is 2.13. The molecule has 1 fully saturated rings. The van der Waals surface area contributed by atoms with Crippen molar-refractivity contribution in [2.45, 2.75) is 31.8 Å². The van der Waals surface area contributed by atoms with Crippen LogP contribution in [0.15, 0.2) is 11.1 Å². The van der Waals surface area contributed by atoms with E-state index in [4.69, 9.17) is 10.5 Å². The molecule has 1 aliphatic rings. The molecule has 1 aliphatic heterocycles. The lowest BCUT2D eigenvalue weighted by Gasteiger charge is -2.12. The molecule has 18 heavy (non-hydrogen) atoms. The Morgan fingerprint density at radius 3 is 3.11 bits per heavy atom. The number of aromatic nitrogens is 4. The fourth-order valence-electron chi connectivity index (χ4n) is 2.13. The van der Waals surface area contributed by atoms with Gasteiger partial charge in [0.2, 0.25) is 5.95 Å². The number of nitrogens with one attached hydrogen (secondary N) is 1. The molecule has 0 aliphatic carbocycles. The molecule has 3 atom stereocenters. The minimum Gasteiger partial charge on any atom is -0.390 e. The third-order valence-electron chi connectivity index (χ3n) is 3.12. The summed E-state index contributed by atoms with van der Waals surface area (Å²) in [5.74, 6) is 0.0286. The minimum atomic E-state index is -0.535. The van der Waals surface area contributed by atoms with E-state index in [0.29, 0.717) is 12.1 Å². The second kappa shape index (κ2) is 3.79. The minimum absolute atomic E-state index is 0.0286. The fraction of sp³-hybridized carbons (Fsp3) is 0.500. The number of rotatable bonds is 1. The van der Waals surface area contributed by atoms with Crippen LogP contribution in [0.2, 0.25) is 0 Å². The van der Waals surface area contributed by atoms with E-state index >= 15 is 0 Å². The third kappa shape index (κ3) is 1.57. The van der Waals surface area contributed by atoms with E-state index < -0.39 is 6.10 Å². The van der Waals surface area contributed by atoms with E-state index in [1.165, 1.54) is 6.33 Å². The van der Waals surface area contributed by atoms with Crippen molar-refractivity contribution in [1.29, 1.82) is 0 Å². The van der Waals surface area contributed by atoms with Gasteiger partial charge in [0.15, 0.2) is 11.2 Å². The van der Waals surface area contributed by atoms with Crippen molar-refractivity contribution in [3.63, 3.8) is 0 Å². The summed E-state index contributed by atoms with van der Waals surface area (Å²) in [6.07, 6.45) is 0.732. The van der Waals surface area contributed by atoms with E-state index in [0.717, 1.165) is 0 Å². The predicted octanol–water partition coefficient (Wildman–Crippen LogP) is -0.630. The van der Waals surface area contributed by atoms with Crippen molar-refractivity contribution in [3.05, 3.63) is 16.7 Å². The van der Waals surface area contributed by atoms with Gasteiger partial charge >= 0.3 is 0 Å². The zero-order valence-electron chi connectivity index (χ0n) is 9.70. The van der Waals surface area contributed by atoms with E-state index in [1.54, 1.807) is 11.5 Å². The van der Waals surface area contributed by atoms with Crippen LogP contribution in [-0.4, -0.2) is 36.8 Å². The number of aliphatic hydroxyl groups excluding tert-OH is 1. The summed E-state index contributed by atoms with van der Waals surface area (Å²) in [5, 5.41) is 9.68. The maximum atomic E-state index is 11.6. The molecule has 0 aromatic carbocycles. The van der Waals surface area contributed by atoms with Gasteiger partial charge in [-0.3, -0.25) is 14.3 Å². The molecule has 0 unspecified atom stereocenters. The van der Waals surface area contributed by atoms with E-state index in [2.05, 4.69) is 15.0 Å². The van der Waals surface area contributed by atoms with Gasteiger partial charge in [-0.1, -0.05) is 0 Å². The number of fused-ring (bicyclic) bond motifs is 1. The molecule has 0 bridgehead atoms. The molecule has 2 aromatic rings. The summed E-state index contributed by atoms with van der Waals surface area (Å²) in [5.41, 5.74) is 5.70. The molecule has 4 N–H and O–H groups in total. The Morgan fingerprint density at radius 2 is 2.44 bits per heavy atom. The highest BCUT2D eigenvalue weighted by molar-refractivity contribution is 5.70. The Morgan fingerprint density at radius 1 is 1.67 bits per heavy atom. The first-order valence-corrected chi connectivity index (χ1v) is 5.62. The average Bonchev–Trinajstić information content (AvgIpc) is 2.83. The maximum Gasteiger partial charge on any atom is 0.280 e. The number of hydrogen-bond donors (Lipinski definition) is 3. The topological polar surface area (TPSA) is 119 Å². The molecule has 3 rings (SSSR count). The highest BCUT2D eigenvalue weighted by Gasteiger charge is 2.32. The molecular weight excluding hydrogens is 238 g/mol. The lowest BCUT2D eigenvalue weighted by molar-refractivity contribution is -0.00631. The van der Waals surface area contributed by atoms with Gasteiger partial charge < -0.3 is 15.6 Å². The average molecular weight is 251 g/mol. The van der Waals surface area contributed by atoms with Gasteiger partial charge in [0.1, 0.15) is 6.23 Å². The van der Waals surface area contributed by atoms with E-state index in [9.17, 15) is 9.90 Å². The zero-order valence-corrected chi connectivity index (χ0v) is 9.70. The SMILES string of the molecule is C[C@H]1O[C@@H](n2cnc3c(=O)[nH]c(N)nc32)C[C@H]1O. The van der Waals surface area contributed by atoms with Crippen molar-refractivity contribution in [1.82, 2.24) is 19.5 Å². The van der Waals surface area contributed by atoms with Gasteiger partial charge in [-0.15, -0.1) is 0 Å². The zero-order chi connectivity index (χ0) is 12.9. The number of hydrogen-bond acceptors (Lipinski definition) is 6. The number of aliphatic hydroxyl groups is 1. The van der Waals surface area contributed by atoms with Crippen LogP contribution in [0.3, 0.4) is 0 Å². The van der Waals surface area contributed by atoms with Crippen LogP contribution in [0, 0.1) is 0 Å². The van der Waals surface area contributed by atoms with E-state index in [-0.39, 0.29) is 29.4 Å². The quantitative estimate of drug-likeness (QED) is 0.620. The molecule has 0 saturated carbocycles. The van der Waals surface area contributed by atoms with E-state index in [1.807, 2.05) is 0 Å². The molecule has 3 heterocycles. The number of aromatic amines is 1. The number of ether oxygens (including phenoxy) is 1. The summed E-state index contributed by atoms with van der Waals surface area (Å²) < 4.78 is 7.20. The summed E-state index contributed by atoms with van der Waals surface area (Å²) in [6.45, 7) is 1.79. The van der Waals surface area contributed by atoms with Crippen molar-refractivity contribution < 1.29 is 9.84 Å². The molecule has 0 radical (unpaired) electrons. The van der Waals surface area contributed by atoms with Crippen molar-refractivity contribution >= 4 is 17.1 Å². The monoisotopic (exact) mass is 251 g/mol. The molecule has 0 spiro atoms. The number of nitrogen functional groups attached to an aromatic ring is 1.